The fourth-order valence-corrected chi connectivity index (χ4v) is 4.83. The second-order valence-electron chi connectivity index (χ2n) is 6.99. The van der Waals surface area contributed by atoms with Crippen LogP contribution in [0, 0.1) is 23.6 Å². The summed E-state index contributed by atoms with van der Waals surface area (Å²) < 4.78 is 13.8. The van der Waals surface area contributed by atoms with E-state index in [1.807, 2.05) is 12.1 Å². The van der Waals surface area contributed by atoms with Gasteiger partial charge in [0.05, 0.1) is 4.47 Å². The first kappa shape index (κ1) is 15.5. The molecule has 1 nitrogen and oxygen atoms in total. The Bertz CT molecular complexity index is 490. The van der Waals surface area contributed by atoms with E-state index < -0.39 is 0 Å². The Morgan fingerprint density at radius 2 is 1.90 bits per heavy atom. The van der Waals surface area contributed by atoms with Gasteiger partial charge in [0.2, 0.25) is 0 Å². The van der Waals surface area contributed by atoms with Crippen molar-refractivity contribution in [3.8, 4) is 0 Å². The predicted molar refractivity (Wildman–Crippen MR) is 88.6 cm³/mol. The molecule has 21 heavy (non-hydrogen) atoms. The van der Waals surface area contributed by atoms with Gasteiger partial charge in [0.25, 0.3) is 0 Å². The lowest BCUT2D eigenvalue weighted by atomic mass is 9.66. The zero-order chi connectivity index (χ0) is 14.8. The van der Waals surface area contributed by atoms with Crippen LogP contribution in [0.25, 0.3) is 0 Å². The molecule has 2 saturated carbocycles. The molecule has 2 fully saturated rings. The van der Waals surface area contributed by atoms with Gasteiger partial charge in [0.1, 0.15) is 5.82 Å². The highest BCUT2D eigenvalue weighted by Crippen LogP contribution is 2.43. The van der Waals surface area contributed by atoms with Crippen LogP contribution in [0.3, 0.4) is 0 Å². The molecule has 3 heteroatoms. The number of fused-ring (bicyclic) bond motifs is 1. The Morgan fingerprint density at radius 1 is 1.14 bits per heavy atom. The minimum atomic E-state index is -0.199. The van der Waals surface area contributed by atoms with Gasteiger partial charge in [-0.1, -0.05) is 31.7 Å². The van der Waals surface area contributed by atoms with Gasteiger partial charge in [-0.05, 0) is 77.1 Å². The van der Waals surface area contributed by atoms with E-state index in [0.717, 1.165) is 23.8 Å². The lowest BCUT2D eigenvalue weighted by molar-refractivity contribution is 0.117. The SMILES string of the molecule is NC(Cc1ccc(F)c(Br)c1)C1CCC2CCCCC2C1. The molecule has 0 heterocycles. The molecular weight excluding hydrogens is 329 g/mol. The lowest BCUT2D eigenvalue weighted by Gasteiger charge is -2.41. The molecule has 3 rings (SSSR count). The van der Waals surface area contributed by atoms with E-state index >= 15 is 0 Å². The maximum atomic E-state index is 13.3. The van der Waals surface area contributed by atoms with Crippen molar-refractivity contribution in [2.24, 2.45) is 23.5 Å². The van der Waals surface area contributed by atoms with E-state index in [0.29, 0.717) is 10.4 Å². The summed E-state index contributed by atoms with van der Waals surface area (Å²) in [7, 11) is 0. The summed E-state index contributed by atoms with van der Waals surface area (Å²) in [5.74, 6) is 2.34. The van der Waals surface area contributed by atoms with Gasteiger partial charge in [0, 0.05) is 6.04 Å². The Balaban J connectivity index is 1.60. The second-order valence-corrected chi connectivity index (χ2v) is 7.85. The molecule has 0 radical (unpaired) electrons. The number of hydrogen-bond donors (Lipinski definition) is 1. The van der Waals surface area contributed by atoms with E-state index in [4.69, 9.17) is 5.73 Å². The molecule has 2 aliphatic rings. The molecule has 0 saturated heterocycles. The van der Waals surface area contributed by atoms with Crippen molar-refractivity contribution in [3.05, 3.63) is 34.1 Å². The first-order chi connectivity index (χ1) is 10.1. The summed E-state index contributed by atoms with van der Waals surface area (Å²) in [5, 5.41) is 0. The minimum Gasteiger partial charge on any atom is -0.327 e. The highest BCUT2D eigenvalue weighted by molar-refractivity contribution is 9.10. The molecule has 2 aliphatic carbocycles. The molecule has 2 N–H and O–H groups in total. The van der Waals surface area contributed by atoms with Crippen LogP contribution in [0.1, 0.15) is 50.5 Å². The number of halogens is 2. The van der Waals surface area contributed by atoms with E-state index in [9.17, 15) is 4.39 Å². The van der Waals surface area contributed by atoms with Crippen LogP contribution in [0.15, 0.2) is 22.7 Å². The maximum absolute atomic E-state index is 13.3. The number of benzene rings is 1. The predicted octanol–water partition coefficient (Wildman–Crippen LogP) is 5.06. The average molecular weight is 354 g/mol. The fourth-order valence-electron chi connectivity index (χ4n) is 4.40. The largest absolute Gasteiger partial charge is 0.327 e. The smallest absolute Gasteiger partial charge is 0.137 e. The first-order valence-electron chi connectivity index (χ1n) is 8.33. The fraction of sp³-hybridized carbons (Fsp3) is 0.667. The van der Waals surface area contributed by atoms with Gasteiger partial charge >= 0.3 is 0 Å². The molecule has 116 valence electrons. The zero-order valence-corrected chi connectivity index (χ0v) is 14.1. The van der Waals surface area contributed by atoms with Crippen LogP contribution in [0.4, 0.5) is 4.39 Å². The summed E-state index contributed by atoms with van der Waals surface area (Å²) in [5.41, 5.74) is 7.62. The van der Waals surface area contributed by atoms with Crippen molar-refractivity contribution in [2.45, 2.75) is 57.4 Å². The molecule has 4 unspecified atom stereocenters. The van der Waals surface area contributed by atoms with E-state index in [1.54, 1.807) is 0 Å². The summed E-state index contributed by atoms with van der Waals surface area (Å²) in [6.45, 7) is 0. The van der Waals surface area contributed by atoms with E-state index in [2.05, 4.69) is 15.9 Å². The molecule has 1 aromatic rings. The standard InChI is InChI=1S/C18H25BrFN/c19-16-9-12(5-8-17(16)20)10-18(21)15-7-6-13-3-1-2-4-14(13)11-15/h5,8-9,13-15,18H,1-4,6-7,10-11,21H2. The van der Waals surface area contributed by atoms with Gasteiger partial charge in [0.15, 0.2) is 0 Å². The Hall–Kier alpha value is -0.410. The minimum absolute atomic E-state index is 0.199. The molecular formula is C18H25BrFN. The lowest BCUT2D eigenvalue weighted by Crippen LogP contribution is -2.38. The topological polar surface area (TPSA) is 26.0 Å². The van der Waals surface area contributed by atoms with Gasteiger partial charge in [-0.15, -0.1) is 0 Å². The molecule has 0 aliphatic heterocycles. The van der Waals surface area contributed by atoms with Crippen LogP contribution >= 0.6 is 15.9 Å². The van der Waals surface area contributed by atoms with Gasteiger partial charge in [-0.25, -0.2) is 4.39 Å². The van der Waals surface area contributed by atoms with Crippen molar-refractivity contribution in [3.63, 3.8) is 0 Å². The molecule has 1 aromatic carbocycles. The second kappa shape index (κ2) is 6.78. The third kappa shape index (κ3) is 3.68. The van der Waals surface area contributed by atoms with Crippen LogP contribution < -0.4 is 5.73 Å². The van der Waals surface area contributed by atoms with E-state index in [-0.39, 0.29) is 11.9 Å². The van der Waals surface area contributed by atoms with Gasteiger partial charge < -0.3 is 5.73 Å². The zero-order valence-electron chi connectivity index (χ0n) is 12.5. The van der Waals surface area contributed by atoms with Crippen molar-refractivity contribution >= 4 is 15.9 Å². The van der Waals surface area contributed by atoms with Crippen molar-refractivity contribution in [2.75, 3.05) is 0 Å². The van der Waals surface area contributed by atoms with Crippen LogP contribution in [0.5, 0.6) is 0 Å². The number of nitrogens with two attached hydrogens (primary N) is 1. The normalized spacial score (nSPS) is 30.7. The summed E-state index contributed by atoms with van der Waals surface area (Å²) in [4.78, 5) is 0. The Labute approximate surface area is 135 Å². The van der Waals surface area contributed by atoms with Crippen LogP contribution in [-0.4, -0.2) is 6.04 Å². The summed E-state index contributed by atoms with van der Waals surface area (Å²) in [6, 6.07) is 5.49. The van der Waals surface area contributed by atoms with Crippen molar-refractivity contribution in [1.82, 2.24) is 0 Å². The van der Waals surface area contributed by atoms with Gasteiger partial charge in [-0.2, -0.15) is 0 Å². The third-order valence-electron chi connectivity index (χ3n) is 5.64. The monoisotopic (exact) mass is 353 g/mol. The number of hydrogen-bond acceptors (Lipinski definition) is 1. The van der Waals surface area contributed by atoms with Crippen molar-refractivity contribution < 1.29 is 4.39 Å². The Kier molecular flexibility index (Phi) is 5.00. The number of rotatable bonds is 3. The van der Waals surface area contributed by atoms with Crippen LogP contribution in [-0.2, 0) is 6.42 Å². The molecule has 0 amide bonds. The van der Waals surface area contributed by atoms with E-state index in [1.165, 1.54) is 51.0 Å². The average Bonchev–Trinajstić information content (AvgIpc) is 2.50. The maximum Gasteiger partial charge on any atom is 0.137 e. The Morgan fingerprint density at radius 3 is 2.67 bits per heavy atom. The molecule has 0 bridgehead atoms. The molecule has 4 atom stereocenters. The van der Waals surface area contributed by atoms with Crippen LogP contribution in [0.2, 0.25) is 0 Å². The quantitative estimate of drug-likeness (QED) is 0.806. The molecule has 0 spiro atoms. The first-order valence-corrected chi connectivity index (χ1v) is 9.12. The molecule has 0 aromatic heterocycles. The summed E-state index contributed by atoms with van der Waals surface area (Å²) >= 11 is 3.26. The third-order valence-corrected chi connectivity index (χ3v) is 6.25. The van der Waals surface area contributed by atoms with Crippen molar-refractivity contribution in [1.29, 1.82) is 0 Å². The highest BCUT2D eigenvalue weighted by Gasteiger charge is 2.34. The van der Waals surface area contributed by atoms with Gasteiger partial charge in [-0.3, -0.25) is 0 Å². The summed E-state index contributed by atoms with van der Waals surface area (Å²) in [6.07, 6.45) is 10.5. The highest BCUT2D eigenvalue weighted by atomic mass is 79.9.